The zero-order valence-electron chi connectivity index (χ0n) is 39.4. The van der Waals surface area contributed by atoms with Crippen molar-refractivity contribution in [3.63, 3.8) is 0 Å². The number of unbranched alkanes of at least 4 members (excludes halogenated alkanes) is 30. The largest absolute Gasteiger partial charge is 0.472 e. The van der Waals surface area contributed by atoms with Gasteiger partial charge in [0.05, 0.1) is 19.8 Å². The molecule has 11 heteroatoms. The molecule has 0 saturated heterocycles. The van der Waals surface area contributed by atoms with Crippen LogP contribution in [0, 0.1) is 0 Å². The zero-order chi connectivity index (χ0) is 44.8. The third-order valence-electron chi connectivity index (χ3n) is 11.1. The highest BCUT2D eigenvalue weighted by molar-refractivity contribution is 7.47. The molecule has 0 heterocycles. The van der Waals surface area contributed by atoms with Gasteiger partial charge in [-0.15, -0.1) is 0 Å². The number of aliphatic hydroxyl groups is 2. The second kappa shape index (κ2) is 46.4. The van der Waals surface area contributed by atoms with Crippen LogP contribution in [-0.2, 0) is 32.7 Å². The fourth-order valence-corrected chi connectivity index (χ4v) is 7.96. The van der Waals surface area contributed by atoms with Crippen molar-refractivity contribution in [1.82, 2.24) is 0 Å². The van der Waals surface area contributed by atoms with E-state index in [0.717, 1.165) is 51.4 Å². The maximum Gasteiger partial charge on any atom is 0.472 e. The van der Waals surface area contributed by atoms with Gasteiger partial charge in [0.25, 0.3) is 0 Å². The van der Waals surface area contributed by atoms with Gasteiger partial charge >= 0.3 is 19.8 Å². The Morgan fingerprint density at radius 1 is 0.475 bits per heavy atom. The van der Waals surface area contributed by atoms with E-state index < -0.39 is 51.8 Å². The van der Waals surface area contributed by atoms with Gasteiger partial charge in [-0.25, -0.2) is 4.57 Å². The van der Waals surface area contributed by atoms with Crippen molar-refractivity contribution in [3.05, 3.63) is 24.3 Å². The molecule has 0 rings (SSSR count). The number of rotatable bonds is 48. The topological polar surface area (TPSA) is 149 Å². The lowest BCUT2D eigenvalue weighted by Gasteiger charge is -2.20. The van der Waals surface area contributed by atoms with E-state index in [1.807, 2.05) is 0 Å². The number of esters is 2. The second-order valence-corrected chi connectivity index (χ2v) is 18.6. The number of ether oxygens (including phenoxy) is 2. The molecule has 360 valence electrons. The third-order valence-corrected chi connectivity index (χ3v) is 12.0. The molecule has 0 amide bonds. The van der Waals surface area contributed by atoms with Gasteiger partial charge in [0, 0.05) is 12.8 Å². The molecule has 0 aliphatic rings. The summed E-state index contributed by atoms with van der Waals surface area (Å²) in [7, 11) is -4.63. The summed E-state index contributed by atoms with van der Waals surface area (Å²) in [6.45, 7) is 2.38. The molecule has 3 N–H and O–H groups in total. The van der Waals surface area contributed by atoms with Crippen molar-refractivity contribution in [1.29, 1.82) is 0 Å². The number of hydrogen-bond acceptors (Lipinski definition) is 9. The first-order valence-corrected chi connectivity index (χ1v) is 26.8. The van der Waals surface area contributed by atoms with Crippen LogP contribution in [0.15, 0.2) is 24.3 Å². The Bertz CT molecular complexity index is 1070. The number of phosphoric acid groups is 1. The van der Waals surface area contributed by atoms with Crippen LogP contribution in [0.25, 0.3) is 0 Å². The van der Waals surface area contributed by atoms with Gasteiger partial charge in [0.2, 0.25) is 0 Å². The van der Waals surface area contributed by atoms with Crippen LogP contribution in [-0.4, -0.2) is 65.7 Å². The van der Waals surface area contributed by atoms with E-state index >= 15 is 0 Å². The van der Waals surface area contributed by atoms with Crippen molar-refractivity contribution in [2.75, 3.05) is 26.4 Å². The van der Waals surface area contributed by atoms with Gasteiger partial charge in [-0.1, -0.05) is 199 Å². The molecule has 3 atom stereocenters. The molecule has 0 aliphatic carbocycles. The molecule has 10 nitrogen and oxygen atoms in total. The minimum Gasteiger partial charge on any atom is -0.462 e. The SMILES string of the molecule is CCCCCCCC/C=C/CCCCCCCC(=O)O[C@@H](COC(=O)CCC/C=C/CCCCCCCCCCCCCCCCCCCC)COP(=O)(O)OC[C@H](O)CO. The van der Waals surface area contributed by atoms with Crippen LogP contribution < -0.4 is 0 Å². The molecule has 61 heavy (non-hydrogen) atoms. The summed E-state index contributed by atoms with van der Waals surface area (Å²) in [6, 6.07) is 0. The first-order chi connectivity index (χ1) is 29.7. The molecule has 0 fully saturated rings. The average Bonchev–Trinajstić information content (AvgIpc) is 3.25. The molecule has 0 saturated carbocycles. The maximum atomic E-state index is 12.6. The molecule has 0 bridgehead atoms. The van der Waals surface area contributed by atoms with Gasteiger partial charge in [-0.3, -0.25) is 18.6 Å². The first kappa shape index (κ1) is 59.5. The lowest BCUT2D eigenvalue weighted by Crippen LogP contribution is -2.29. The van der Waals surface area contributed by atoms with E-state index in [4.69, 9.17) is 23.6 Å². The van der Waals surface area contributed by atoms with Crippen LogP contribution in [0.3, 0.4) is 0 Å². The van der Waals surface area contributed by atoms with E-state index in [1.54, 1.807) is 0 Å². The number of phosphoric ester groups is 1. The number of allylic oxidation sites excluding steroid dienone is 4. The fraction of sp³-hybridized carbons (Fsp3) is 0.880. The smallest absolute Gasteiger partial charge is 0.462 e. The van der Waals surface area contributed by atoms with E-state index in [0.29, 0.717) is 12.8 Å². The minimum absolute atomic E-state index is 0.171. The Morgan fingerprint density at radius 2 is 0.820 bits per heavy atom. The van der Waals surface area contributed by atoms with E-state index in [1.165, 1.54) is 154 Å². The third kappa shape index (κ3) is 46.3. The Labute approximate surface area is 374 Å². The molecular weight excluding hydrogens is 792 g/mol. The monoisotopic (exact) mass is 887 g/mol. The van der Waals surface area contributed by atoms with Crippen molar-refractivity contribution < 1.29 is 47.8 Å². The highest BCUT2D eigenvalue weighted by atomic mass is 31.2. The van der Waals surface area contributed by atoms with Gasteiger partial charge in [0.1, 0.15) is 12.7 Å². The summed E-state index contributed by atoms with van der Waals surface area (Å²) in [6.07, 6.45) is 48.8. The highest BCUT2D eigenvalue weighted by Gasteiger charge is 2.27. The Morgan fingerprint density at radius 3 is 1.23 bits per heavy atom. The normalized spacial score (nSPS) is 13.9. The van der Waals surface area contributed by atoms with Crippen LogP contribution in [0.5, 0.6) is 0 Å². The van der Waals surface area contributed by atoms with Gasteiger partial charge in [-0.2, -0.15) is 0 Å². The Hall–Kier alpha value is -1.55. The molecule has 0 aromatic heterocycles. The second-order valence-electron chi connectivity index (χ2n) is 17.2. The molecule has 0 spiro atoms. The van der Waals surface area contributed by atoms with Crippen LogP contribution >= 0.6 is 7.82 Å². The number of carbonyl (C=O) groups is 2. The summed E-state index contributed by atoms with van der Waals surface area (Å²) in [5, 5.41) is 18.4. The predicted molar refractivity (Wildman–Crippen MR) is 252 cm³/mol. The number of carbonyl (C=O) groups excluding carboxylic acids is 2. The summed E-state index contributed by atoms with van der Waals surface area (Å²) >= 11 is 0. The molecule has 0 aromatic carbocycles. The van der Waals surface area contributed by atoms with Crippen molar-refractivity contribution in [2.45, 2.75) is 257 Å². The van der Waals surface area contributed by atoms with E-state index in [9.17, 15) is 24.2 Å². The standard InChI is InChI=1S/C50H95O10P/c1-3-5-7-9-11-13-15-17-19-20-21-22-23-24-25-26-28-29-31-33-35-37-39-41-49(53)57-45-48(46-59-61(55,56)58-44-47(52)43-51)60-50(54)42-40-38-36-34-32-30-27-18-16-14-12-10-8-6-4-2/h18,27,33,35,47-48,51-52H,3-17,19-26,28-32,34,36-46H2,1-2H3,(H,55,56)/b27-18+,35-33+/t47-,48+/m1/s1. The summed E-state index contributed by atoms with van der Waals surface area (Å²) in [4.78, 5) is 35.1. The Kier molecular flexibility index (Phi) is 45.3. The summed E-state index contributed by atoms with van der Waals surface area (Å²) < 4.78 is 32.8. The molecular formula is C50H95O10P. The van der Waals surface area contributed by atoms with Crippen LogP contribution in [0.2, 0.25) is 0 Å². The summed E-state index contributed by atoms with van der Waals surface area (Å²) in [5.41, 5.74) is 0. The molecule has 0 aliphatic heterocycles. The van der Waals surface area contributed by atoms with Crippen LogP contribution in [0.1, 0.15) is 245 Å². The number of hydrogen-bond donors (Lipinski definition) is 3. The lowest BCUT2D eigenvalue weighted by atomic mass is 10.0. The minimum atomic E-state index is -4.63. The maximum absolute atomic E-state index is 12.6. The number of aliphatic hydroxyl groups excluding tert-OH is 2. The highest BCUT2D eigenvalue weighted by Crippen LogP contribution is 2.43. The average molecular weight is 887 g/mol. The van der Waals surface area contributed by atoms with Gasteiger partial charge < -0.3 is 24.6 Å². The van der Waals surface area contributed by atoms with E-state index in [-0.39, 0.29) is 19.4 Å². The molecule has 0 radical (unpaired) electrons. The zero-order valence-corrected chi connectivity index (χ0v) is 40.3. The van der Waals surface area contributed by atoms with Gasteiger partial charge in [0.15, 0.2) is 6.10 Å². The first-order valence-electron chi connectivity index (χ1n) is 25.3. The quantitative estimate of drug-likeness (QED) is 0.0233. The van der Waals surface area contributed by atoms with Crippen molar-refractivity contribution in [2.24, 2.45) is 0 Å². The van der Waals surface area contributed by atoms with Crippen LogP contribution in [0.4, 0.5) is 0 Å². The molecule has 1 unspecified atom stereocenters. The van der Waals surface area contributed by atoms with E-state index in [2.05, 4.69) is 38.2 Å². The van der Waals surface area contributed by atoms with Gasteiger partial charge in [-0.05, 0) is 57.8 Å². The summed E-state index contributed by atoms with van der Waals surface area (Å²) in [5.74, 6) is -0.962. The predicted octanol–water partition coefficient (Wildman–Crippen LogP) is 14.1. The fourth-order valence-electron chi connectivity index (χ4n) is 7.17. The van der Waals surface area contributed by atoms with Crippen molar-refractivity contribution in [3.8, 4) is 0 Å². The molecule has 0 aromatic rings. The lowest BCUT2D eigenvalue weighted by molar-refractivity contribution is -0.161. The Balaban J connectivity index is 4.17. The van der Waals surface area contributed by atoms with Crippen molar-refractivity contribution >= 4 is 19.8 Å².